The highest BCUT2D eigenvalue weighted by Gasteiger charge is 2.06. The van der Waals surface area contributed by atoms with Crippen molar-refractivity contribution < 1.29 is 4.79 Å². The predicted molar refractivity (Wildman–Crippen MR) is 52.4 cm³/mol. The topological polar surface area (TPSA) is 17.1 Å². The number of hydrogen-bond donors (Lipinski definition) is 0. The Balaban J connectivity index is 3.70. The zero-order chi connectivity index (χ0) is 8.15. The minimum atomic E-state index is -0.256. The Labute approximate surface area is 80.0 Å². The van der Waals surface area contributed by atoms with Gasteiger partial charge in [0.1, 0.15) is 0 Å². The van der Waals surface area contributed by atoms with Gasteiger partial charge in [0.25, 0.3) is 0 Å². The Kier molecular flexibility index (Phi) is 5.35. The summed E-state index contributed by atoms with van der Waals surface area (Å²) in [7, 11) is 0. The highest BCUT2D eigenvalue weighted by atomic mass is 127. The molecule has 0 radical (unpaired) electrons. The summed E-state index contributed by atoms with van der Waals surface area (Å²) >= 11 is 7.45. The lowest BCUT2D eigenvalue weighted by Crippen LogP contribution is -2.01. The second-order valence-electron chi connectivity index (χ2n) is 2.23. The van der Waals surface area contributed by atoms with E-state index in [-0.39, 0.29) is 11.2 Å². The van der Waals surface area contributed by atoms with Crippen molar-refractivity contribution in [3.63, 3.8) is 0 Å². The van der Waals surface area contributed by atoms with Crippen LogP contribution in [0.2, 0.25) is 0 Å². The molecule has 58 valence electrons. The summed E-state index contributed by atoms with van der Waals surface area (Å²) < 4.78 is 1.20. The van der Waals surface area contributed by atoms with Crippen molar-refractivity contribution in [2.75, 3.05) is 0 Å². The zero-order valence-electron chi connectivity index (χ0n) is 6.03. The third-order valence-corrected chi connectivity index (χ3v) is 1.95. The summed E-state index contributed by atoms with van der Waals surface area (Å²) in [4.78, 5) is 10.5. The van der Waals surface area contributed by atoms with Gasteiger partial charge >= 0.3 is 0 Å². The lowest BCUT2D eigenvalue weighted by Gasteiger charge is -1.99. The van der Waals surface area contributed by atoms with E-state index in [1.807, 2.05) is 19.9 Å². The number of halogens is 2. The third-order valence-electron chi connectivity index (χ3n) is 1.14. The molecule has 0 bridgehead atoms. The van der Waals surface area contributed by atoms with Crippen molar-refractivity contribution in [2.24, 2.45) is 5.92 Å². The van der Waals surface area contributed by atoms with Crippen LogP contribution in [0.1, 0.15) is 20.3 Å². The number of carbonyl (C=O) groups excluding carboxylic acids is 1. The van der Waals surface area contributed by atoms with Crippen LogP contribution in [0.4, 0.5) is 0 Å². The monoisotopic (exact) mass is 272 g/mol. The van der Waals surface area contributed by atoms with E-state index in [4.69, 9.17) is 11.6 Å². The molecule has 10 heavy (non-hydrogen) atoms. The van der Waals surface area contributed by atoms with Gasteiger partial charge in [-0.3, -0.25) is 4.79 Å². The predicted octanol–water partition coefficient (Wildman–Crippen LogP) is 3.12. The van der Waals surface area contributed by atoms with Gasteiger partial charge in [0.05, 0.1) is 0 Å². The Hall–Kier alpha value is 0.430. The highest BCUT2D eigenvalue weighted by Crippen LogP contribution is 2.11. The molecule has 0 aromatic carbocycles. The second kappa shape index (κ2) is 5.13. The molecular formula is C7H10ClIO. The van der Waals surface area contributed by atoms with Gasteiger partial charge in [0, 0.05) is 5.92 Å². The lowest BCUT2D eigenvalue weighted by atomic mass is 10.1. The van der Waals surface area contributed by atoms with Gasteiger partial charge in [-0.15, -0.1) is 0 Å². The Morgan fingerprint density at radius 1 is 1.80 bits per heavy atom. The van der Waals surface area contributed by atoms with E-state index in [1.165, 1.54) is 3.58 Å². The SMILES string of the molecule is C/C(I)=C\CC(C)C(=O)Cl. The first-order valence-corrected chi connectivity index (χ1v) is 4.51. The average molecular weight is 273 g/mol. The third kappa shape index (κ3) is 5.23. The van der Waals surface area contributed by atoms with Crippen LogP contribution in [0.3, 0.4) is 0 Å². The van der Waals surface area contributed by atoms with Gasteiger partial charge in [-0.05, 0) is 51.1 Å². The second-order valence-corrected chi connectivity index (χ2v) is 4.31. The van der Waals surface area contributed by atoms with Gasteiger partial charge in [0.15, 0.2) is 0 Å². The van der Waals surface area contributed by atoms with Crippen LogP contribution in [0, 0.1) is 5.92 Å². The maximum absolute atomic E-state index is 10.5. The summed E-state index contributed by atoms with van der Waals surface area (Å²) in [6.45, 7) is 3.82. The first kappa shape index (κ1) is 10.4. The summed E-state index contributed by atoms with van der Waals surface area (Å²) in [5, 5.41) is -0.256. The molecule has 3 heteroatoms. The molecule has 0 N–H and O–H groups in total. The fraction of sp³-hybridized carbons (Fsp3) is 0.571. The van der Waals surface area contributed by atoms with E-state index in [0.29, 0.717) is 0 Å². The van der Waals surface area contributed by atoms with E-state index in [1.54, 1.807) is 0 Å². The molecule has 1 atom stereocenters. The molecule has 0 fully saturated rings. The molecule has 0 saturated carbocycles. The first-order valence-electron chi connectivity index (χ1n) is 3.05. The number of carbonyl (C=O) groups is 1. The van der Waals surface area contributed by atoms with Gasteiger partial charge in [-0.25, -0.2) is 0 Å². The molecule has 0 aliphatic carbocycles. The minimum absolute atomic E-state index is 0.0496. The summed E-state index contributed by atoms with van der Waals surface area (Å²) in [6, 6.07) is 0. The molecule has 0 rings (SSSR count). The molecule has 1 unspecified atom stereocenters. The van der Waals surface area contributed by atoms with Crippen molar-refractivity contribution >= 4 is 39.4 Å². The molecular weight excluding hydrogens is 262 g/mol. The van der Waals surface area contributed by atoms with Crippen molar-refractivity contribution in [2.45, 2.75) is 20.3 Å². The number of allylic oxidation sites excluding steroid dienone is 2. The molecule has 0 aromatic heterocycles. The largest absolute Gasteiger partial charge is 0.281 e. The smallest absolute Gasteiger partial charge is 0.224 e. The molecule has 0 heterocycles. The summed E-state index contributed by atoms with van der Waals surface area (Å²) in [5.41, 5.74) is 0. The van der Waals surface area contributed by atoms with Gasteiger partial charge < -0.3 is 0 Å². The zero-order valence-corrected chi connectivity index (χ0v) is 8.94. The van der Waals surface area contributed by atoms with Crippen LogP contribution in [0.15, 0.2) is 9.66 Å². The van der Waals surface area contributed by atoms with Gasteiger partial charge in [-0.2, -0.15) is 0 Å². The number of rotatable bonds is 3. The standard InChI is InChI=1S/C7H10ClIO/c1-5(7(8)10)3-4-6(2)9/h4-5H,3H2,1-2H3/b6-4+. The first-order chi connectivity index (χ1) is 4.54. The van der Waals surface area contributed by atoms with E-state index in [0.717, 1.165) is 6.42 Å². The van der Waals surface area contributed by atoms with E-state index in [9.17, 15) is 4.79 Å². The fourth-order valence-corrected chi connectivity index (χ4v) is 0.775. The maximum Gasteiger partial charge on any atom is 0.224 e. The average Bonchev–Trinajstić information content (AvgIpc) is 1.82. The number of hydrogen-bond acceptors (Lipinski definition) is 1. The van der Waals surface area contributed by atoms with E-state index in [2.05, 4.69) is 22.6 Å². The van der Waals surface area contributed by atoms with Crippen LogP contribution < -0.4 is 0 Å². The Morgan fingerprint density at radius 2 is 2.30 bits per heavy atom. The molecule has 0 aliphatic rings. The maximum atomic E-state index is 10.5. The van der Waals surface area contributed by atoms with Crippen LogP contribution in [-0.2, 0) is 4.79 Å². The van der Waals surface area contributed by atoms with Crippen molar-refractivity contribution in [1.29, 1.82) is 0 Å². The van der Waals surface area contributed by atoms with Gasteiger partial charge in [-0.1, -0.05) is 13.0 Å². The minimum Gasteiger partial charge on any atom is -0.281 e. The van der Waals surface area contributed by atoms with Crippen LogP contribution in [0.25, 0.3) is 0 Å². The lowest BCUT2D eigenvalue weighted by molar-refractivity contribution is -0.114. The van der Waals surface area contributed by atoms with Gasteiger partial charge in [0.2, 0.25) is 5.24 Å². The molecule has 0 aliphatic heterocycles. The van der Waals surface area contributed by atoms with Crippen LogP contribution in [0.5, 0.6) is 0 Å². The Bertz CT molecular complexity index is 150. The quantitative estimate of drug-likeness (QED) is 0.570. The molecule has 0 amide bonds. The molecule has 0 spiro atoms. The van der Waals surface area contributed by atoms with Crippen molar-refractivity contribution in [3.05, 3.63) is 9.66 Å². The summed E-state index contributed by atoms with van der Waals surface area (Å²) in [6.07, 6.45) is 2.75. The normalized spacial score (nSPS) is 15.0. The van der Waals surface area contributed by atoms with Crippen LogP contribution in [-0.4, -0.2) is 5.24 Å². The van der Waals surface area contributed by atoms with E-state index >= 15 is 0 Å². The molecule has 1 nitrogen and oxygen atoms in total. The van der Waals surface area contributed by atoms with Crippen molar-refractivity contribution in [1.82, 2.24) is 0 Å². The fourth-order valence-electron chi connectivity index (χ4n) is 0.432. The Morgan fingerprint density at radius 3 is 2.60 bits per heavy atom. The van der Waals surface area contributed by atoms with Crippen LogP contribution >= 0.6 is 34.2 Å². The summed E-state index contributed by atoms with van der Waals surface area (Å²) in [5.74, 6) is -0.0496. The van der Waals surface area contributed by atoms with E-state index < -0.39 is 0 Å². The van der Waals surface area contributed by atoms with Crippen molar-refractivity contribution in [3.8, 4) is 0 Å². The highest BCUT2D eigenvalue weighted by molar-refractivity contribution is 14.1. The molecule has 0 aromatic rings. The molecule has 0 saturated heterocycles.